The maximum atomic E-state index is 5.04. The minimum Gasteiger partial charge on any atom is -0.260 e. The van der Waals surface area contributed by atoms with E-state index < -0.39 is 0 Å². The molecule has 0 fully saturated rings. The first-order chi connectivity index (χ1) is 18.8. The topological polar surface area (TPSA) is 77.3 Å². The van der Waals surface area contributed by atoms with E-state index in [-0.39, 0.29) is 0 Å². The first kappa shape index (κ1) is 21.9. The number of para-hydroxylation sites is 2. The van der Waals surface area contributed by atoms with Crippen LogP contribution in [0.5, 0.6) is 0 Å². The molecule has 0 aliphatic heterocycles. The van der Waals surface area contributed by atoms with Crippen LogP contribution in [0.4, 0.5) is 0 Å². The van der Waals surface area contributed by atoms with Gasteiger partial charge in [-0.05, 0) is 12.1 Å². The molecule has 0 aliphatic carbocycles. The average molecular weight is 489 g/mol. The lowest BCUT2D eigenvalue weighted by Gasteiger charge is -2.11. The van der Waals surface area contributed by atoms with E-state index in [2.05, 4.69) is 4.98 Å². The molecule has 4 aromatic carbocycles. The van der Waals surface area contributed by atoms with E-state index in [0.717, 1.165) is 44.3 Å². The number of benzene rings is 4. The smallest absolute Gasteiger partial charge is 0.160 e. The maximum absolute atomic E-state index is 5.04. The predicted molar refractivity (Wildman–Crippen MR) is 150 cm³/mol. The molecule has 7 aromatic rings. The summed E-state index contributed by atoms with van der Waals surface area (Å²) in [6.45, 7) is 0. The van der Waals surface area contributed by atoms with Crippen molar-refractivity contribution in [2.24, 2.45) is 0 Å². The van der Waals surface area contributed by atoms with Crippen LogP contribution in [-0.4, -0.2) is 29.9 Å². The van der Waals surface area contributed by atoms with Crippen molar-refractivity contribution in [3.05, 3.63) is 122 Å². The van der Waals surface area contributed by atoms with Crippen molar-refractivity contribution in [2.45, 2.75) is 0 Å². The first-order valence-corrected chi connectivity index (χ1v) is 12.3. The molecule has 3 heterocycles. The van der Waals surface area contributed by atoms with Gasteiger partial charge in [-0.15, -0.1) is 0 Å². The van der Waals surface area contributed by atoms with Gasteiger partial charge < -0.3 is 0 Å². The molecule has 0 spiro atoms. The number of fused-ring (bicyclic) bond motifs is 2. The molecule has 0 N–H and O–H groups in total. The van der Waals surface area contributed by atoms with Crippen LogP contribution in [0.3, 0.4) is 0 Å². The largest absolute Gasteiger partial charge is 0.260 e. The molecule has 0 saturated carbocycles. The van der Waals surface area contributed by atoms with Crippen LogP contribution in [0.25, 0.3) is 67.4 Å². The summed E-state index contributed by atoms with van der Waals surface area (Å²) in [6, 6.07) is 35.9. The van der Waals surface area contributed by atoms with Crippen LogP contribution < -0.4 is 0 Å². The zero-order chi connectivity index (χ0) is 25.3. The van der Waals surface area contributed by atoms with Gasteiger partial charge in [-0.3, -0.25) is 4.98 Å². The van der Waals surface area contributed by atoms with Crippen LogP contribution in [0.1, 0.15) is 0 Å². The van der Waals surface area contributed by atoms with E-state index in [1.807, 2.05) is 109 Å². The van der Waals surface area contributed by atoms with Crippen molar-refractivity contribution in [2.75, 3.05) is 0 Å². The van der Waals surface area contributed by atoms with Gasteiger partial charge in [0.15, 0.2) is 11.6 Å². The zero-order valence-electron chi connectivity index (χ0n) is 20.2. The van der Waals surface area contributed by atoms with E-state index in [9.17, 15) is 0 Å². The lowest BCUT2D eigenvalue weighted by Crippen LogP contribution is -2.00. The van der Waals surface area contributed by atoms with Gasteiger partial charge in [-0.2, -0.15) is 0 Å². The minimum absolute atomic E-state index is 0.644. The van der Waals surface area contributed by atoms with Crippen molar-refractivity contribution in [3.8, 4) is 45.6 Å². The molecule has 0 atom stereocenters. The highest BCUT2D eigenvalue weighted by Gasteiger charge is 2.16. The summed E-state index contributed by atoms with van der Waals surface area (Å²) in [5, 5.41) is 1.83. The zero-order valence-corrected chi connectivity index (χ0v) is 20.2. The highest BCUT2D eigenvalue weighted by Crippen LogP contribution is 2.31. The van der Waals surface area contributed by atoms with Crippen molar-refractivity contribution in [3.63, 3.8) is 0 Å². The Labute approximate surface area is 218 Å². The highest BCUT2D eigenvalue weighted by atomic mass is 14.9. The van der Waals surface area contributed by atoms with E-state index in [1.165, 1.54) is 0 Å². The van der Waals surface area contributed by atoms with Crippen molar-refractivity contribution < 1.29 is 0 Å². The van der Waals surface area contributed by atoms with Crippen LogP contribution in [0.2, 0.25) is 0 Å². The molecular formula is C32H20N6. The lowest BCUT2D eigenvalue weighted by molar-refractivity contribution is 1.14. The minimum atomic E-state index is 0.644. The molecule has 7 rings (SSSR count). The molecule has 0 saturated heterocycles. The fourth-order valence-corrected chi connectivity index (χ4v) is 4.57. The molecule has 0 radical (unpaired) electrons. The van der Waals surface area contributed by atoms with Gasteiger partial charge >= 0.3 is 0 Å². The second kappa shape index (κ2) is 9.26. The second-order valence-electron chi connectivity index (χ2n) is 8.85. The normalized spacial score (nSPS) is 11.2. The van der Waals surface area contributed by atoms with Crippen LogP contribution in [0.15, 0.2) is 122 Å². The van der Waals surface area contributed by atoms with Crippen molar-refractivity contribution >= 4 is 21.8 Å². The van der Waals surface area contributed by atoms with E-state index in [1.54, 1.807) is 12.4 Å². The number of rotatable bonds is 4. The summed E-state index contributed by atoms with van der Waals surface area (Å²) in [6.07, 6.45) is 3.49. The first-order valence-electron chi connectivity index (χ1n) is 12.3. The summed E-state index contributed by atoms with van der Waals surface area (Å²) in [5.74, 6) is 1.29. The molecule has 6 nitrogen and oxygen atoms in total. The number of hydrogen-bond donors (Lipinski definition) is 0. The number of hydrogen-bond acceptors (Lipinski definition) is 6. The van der Waals surface area contributed by atoms with Crippen LogP contribution in [0, 0.1) is 0 Å². The Morgan fingerprint density at radius 3 is 1.26 bits per heavy atom. The Morgan fingerprint density at radius 2 is 0.789 bits per heavy atom. The molecule has 6 heteroatoms. The lowest BCUT2D eigenvalue weighted by atomic mass is 10.1. The van der Waals surface area contributed by atoms with Gasteiger partial charge in [-0.25, -0.2) is 24.9 Å². The van der Waals surface area contributed by atoms with E-state index in [4.69, 9.17) is 24.9 Å². The predicted octanol–water partition coefficient (Wildman–Crippen LogP) is 7.03. The monoisotopic (exact) mass is 488 g/mol. The second-order valence-corrected chi connectivity index (χ2v) is 8.85. The average Bonchev–Trinajstić information content (AvgIpc) is 3.01. The van der Waals surface area contributed by atoms with Crippen LogP contribution >= 0.6 is 0 Å². The van der Waals surface area contributed by atoms with E-state index in [0.29, 0.717) is 23.0 Å². The summed E-state index contributed by atoms with van der Waals surface area (Å²) in [7, 11) is 0. The molecule has 0 aliphatic rings. The summed E-state index contributed by atoms with van der Waals surface area (Å²) >= 11 is 0. The van der Waals surface area contributed by atoms with Gasteiger partial charge in [0, 0.05) is 21.9 Å². The van der Waals surface area contributed by atoms with Gasteiger partial charge in [-0.1, -0.05) is 97.1 Å². The summed E-state index contributed by atoms with van der Waals surface area (Å²) in [4.78, 5) is 29.2. The maximum Gasteiger partial charge on any atom is 0.160 e. The fraction of sp³-hybridized carbons (Fsp3) is 0. The molecule has 0 amide bonds. The third-order valence-corrected chi connectivity index (χ3v) is 6.39. The Hall–Kier alpha value is -5.36. The van der Waals surface area contributed by atoms with Crippen LogP contribution in [-0.2, 0) is 0 Å². The molecule has 38 heavy (non-hydrogen) atoms. The van der Waals surface area contributed by atoms with Crippen molar-refractivity contribution in [1.29, 1.82) is 0 Å². The summed E-state index contributed by atoms with van der Waals surface area (Å²) in [5.41, 5.74) is 6.35. The third-order valence-electron chi connectivity index (χ3n) is 6.39. The molecular weight excluding hydrogens is 468 g/mol. The standard InChI is InChI=1S/C32H20N6/c1-3-11-21(12-4-1)31-35-25-17-9-7-15-23(25)29(37-31)27-19-33-20-28(34-27)30-24-16-8-10-18-26(24)36-32(38-30)22-13-5-2-6-14-22/h1-20H. The van der Waals surface area contributed by atoms with Gasteiger partial charge in [0.2, 0.25) is 0 Å². The number of aromatic nitrogens is 6. The molecule has 0 unspecified atom stereocenters. The Balaban J connectivity index is 1.44. The SMILES string of the molecule is c1ccc(-c2nc(-c3cncc(-c4nc(-c5ccccc5)nc5ccccc45)n3)c3ccccc3n2)cc1. The van der Waals surface area contributed by atoms with Gasteiger partial charge in [0.1, 0.15) is 22.8 Å². The summed E-state index contributed by atoms with van der Waals surface area (Å²) < 4.78 is 0. The fourth-order valence-electron chi connectivity index (χ4n) is 4.57. The highest BCUT2D eigenvalue weighted by molar-refractivity contribution is 5.95. The quantitative estimate of drug-likeness (QED) is 0.265. The van der Waals surface area contributed by atoms with E-state index >= 15 is 0 Å². The van der Waals surface area contributed by atoms with Crippen molar-refractivity contribution in [1.82, 2.24) is 29.9 Å². The Bertz CT molecular complexity index is 1780. The number of nitrogens with zero attached hydrogens (tertiary/aromatic N) is 6. The molecule has 3 aromatic heterocycles. The molecule has 0 bridgehead atoms. The third kappa shape index (κ3) is 3.94. The molecule has 178 valence electrons. The Kier molecular flexibility index (Phi) is 5.33. The van der Waals surface area contributed by atoms with Gasteiger partial charge in [0.05, 0.1) is 23.4 Å². The Morgan fingerprint density at radius 1 is 0.368 bits per heavy atom. The van der Waals surface area contributed by atoms with Gasteiger partial charge in [0.25, 0.3) is 0 Å².